The molecule has 1 amide bonds. The summed E-state index contributed by atoms with van der Waals surface area (Å²) < 4.78 is 0. The average molecular weight is 303 g/mol. The minimum Gasteiger partial charge on any atom is -0.267 e. The fourth-order valence-electron chi connectivity index (χ4n) is 2.24. The van der Waals surface area contributed by atoms with Gasteiger partial charge in [0.25, 0.3) is 5.91 Å². The Hall–Kier alpha value is -1.87. The monoisotopic (exact) mass is 302 g/mol. The van der Waals surface area contributed by atoms with Gasteiger partial charge in [-0.3, -0.25) is 4.79 Å². The summed E-state index contributed by atoms with van der Waals surface area (Å²) in [5.74, 6) is 0.144. The fraction of sp³-hybridized carbons (Fsp3) is 0.294. The first kappa shape index (κ1) is 15.5. The molecule has 21 heavy (non-hydrogen) atoms. The van der Waals surface area contributed by atoms with Crippen LogP contribution in [-0.4, -0.2) is 11.6 Å². The molecule has 0 unspecified atom stereocenters. The Morgan fingerprint density at radius 2 is 2.24 bits per heavy atom. The number of halogens is 1. The average Bonchev–Trinajstić information content (AvgIpc) is 2.45. The van der Waals surface area contributed by atoms with Crippen LogP contribution in [0.5, 0.6) is 0 Å². The molecule has 0 saturated carbocycles. The highest BCUT2D eigenvalue weighted by atomic mass is 35.5. The van der Waals surface area contributed by atoms with Gasteiger partial charge in [0.05, 0.1) is 5.71 Å². The van der Waals surface area contributed by atoms with Gasteiger partial charge in [-0.2, -0.15) is 5.10 Å². The lowest BCUT2D eigenvalue weighted by molar-refractivity contribution is 0.0954. The molecule has 1 N–H and O–H groups in total. The van der Waals surface area contributed by atoms with Crippen LogP contribution in [0, 0.1) is 5.92 Å². The van der Waals surface area contributed by atoms with E-state index in [1.807, 2.05) is 13.8 Å². The van der Waals surface area contributed by atoms with Crippen LogP contribution in [0.15, 0.2) is 53.2 Å². The lowest BCUT2D eigenvalue weighted by atomic mass is 9.85. The van der Waals surface area contributed by atoms with Crippen molar-refractivity contribution >= 4 is 23.2 Å². The van der Waals surface area contributed by atoms with E-state index in [2.05, 4.69) is 23.2 Å². The quantitative estimate of drug-likeness (QED) is 0.654. The number of hydrogen-bond donors (Lipinski definition) is 1. The number of hydrazone groups is 1. The van der Waals surface area contributed by atoms with E-state index in [1.165, 1.54) is 0 Å². The van der Waals surface area contributed by atoms with Gasteiger partial charge in [0.2, 0.25) is 0 Å². The molecule has 110 valence electrons. The first-order valence-electron chi connectivity index (χ1n) is 6.92. The van der Waals surface area contributed by atoms with E-state index in [0.29, 0.717) is 16.5 Å². The number of carbonyl (C=O) groups is 1. The normalized spacial score (nSPS) is 20.0. The molecule has 0 bridgehead atoms. The maximum Gasteiger partial charge on any atom is 0.271 e. The summed E-state index contributed by atoms with van der Waals surface area (Å²) >= 11 is 5.88. The summed E-state index contributed by atoms with van der Waals surface area (Å²) in [4.78, 5) is 12.0. The molecule has 2 rings (SSSR count). The molecule has 0 aliphatic heterocycles. The van der Waals surface area contributed by atoms with Gasteiger partial charge in [-0.25, -0.2) is 5.43 Å². The van der Waals surface area contributed by atoms with Crippen molar-refractivity contribution in [2.75, 3.05) is 0 Å². The molecule has 1 aliphatic carbocycles. The smallest absolute Gasteiger partial charge is 0.267 e. The second kappa shape index (κ2) is 6.72. The Kier molecular flexibility index (Phi) is 4.97. The van der Waals surface area contributed by atoms with Crippen molar-refractivity contribution in [1.82, 2.24) is 5.43 Å². The second-order valence-corrected chi connectivity index (χ2v) is 5.82. The SMILES string of the molecule is C=C(C)[C@H]1CC=C(C)C(=NNC(=O)c2cccc(Cl)c2)C1. The molecular formula is C17H19ClN2O. The van der Waals surface area contributed by atoms with Crippen molar-refractivity contribution in [2.45, 2.75) is 26.7 Å². The first-order chi connectivity index (χ1) is 9.97. The van der Waals surface area contributed by atoms with Crippen LogP contribution in [0.25, 0.3) is 0 Å². The molecule has 3 nitrogen and oxygen atoms in total. The van der Waals surface area contributed by atoms with Gasteiger partial charge < -0.3 is 0 Å². The highest BCUT2D eigenvalue weighted by Gasteiger charge is 2.18. The van der Waals surface area contributed by atoms with E-state index < -0.39 is 0 Å². The third-order valence-electron chi connectivity index (χ3n) is 3.68. The van der Waals surface area contributed by atoms with Gasteiger partial charge in [-0.15, -0.1) is 0 Å². The zero-order chi connectivity index (χ0) is 15.4. The van der Waals surface area contributed by atoms with E-state index in [9.17, 15) is 4.79 Å². The molecule has 0 spiro atoms. The number of rotatable bonds is 3. The lowest BCUT2D eigenvalue weighted by Gasteiger charge is -2.22. The van der Waals surface area contributed by atoms with E-state index >= 15 is 0 Å². The Bertz CT molecular complexity index is 631. The molecule has 0 fully saturated rings. The highest BCUT2D eigenvalue weighted by molar-refractivity contribution is 6.30. The highest BCUT2D eigenvalue weighted by Crippen LogP contribution is 2.26. The van der Waals surface area contributed by atoms with Gasteiger partial charge >= 0.3 is 0 Å². The summed E-state index contributed by atoms with van der Waals surface area (Å²) in [5, 5.41) is 4.80. The molecule has 0 aromatic heterocycles. The molecule has 0 saturated heterocycles. The van der Waals surface area contributed by atoms with Crippen molar-refractivity contribution in [3.8, 4) is 0 Å². The summed E-state index contributed by atoms with van der Waals surface area (Å²) in [5.41, 5.74) is 6.27. The molecule has 0 radical (unpaired) electrons. The molecular weight excluding hydrogens is 284 g/mol. The van der Waals surface area contributed by atoms with Crippen LogP contribution in [0.1, 0.15) is 37.0 Å². The van der Waals surface area contributed by atoms with Crippen LogP contribution in [0.2, 0.25) is 5.02 Å². The minimum atomic E-state index is -0.254. The van der Waals surface area contributed by atoms with Gasteiger partial charge in [-0.05, 0) is 56.4 Å². The van der Waals surface area contributed by atoms with Crippen LogP contribution in [0.3, 0.4) is 0 Å². The Balaban J connectivity index is 2.09. The molecule has 1 aromatic carbocycles. The topological polar surface area (TPSA) is 41.5 Å². The largest absolute Gasteiger partial charge is 0.271 e. The van der Waals surface area contributed by atoms with Crippen molar-refractivity contribution in [3.05, 3.63) is 58.7 Å². The summed E-state index contributed by atoms with van der Waals surface area (Å²) in [6.45, 7) is 8.05. The number of benzene rings is 1. The zero-order valence-electron chi connectivity index (χ0n) is 12.3. The number of nitrogens with zero attached hydrogens (tertiary/aromatic N) is 1. The van der Waals surface area contributed by atoms with Crippen molar-refractivity contribution in [2.24, 2.45) is 11.0 Å². The number of nitrogens with one attached hydrogen (secondary N) is 1. The number of hydrogen-bond acceptors (Lipinski definition) is 2. The van der Waals surface area contributed by atoms with Crippen LogP contribution in [-0.2, 0) is 0 Å². The molecule has 1 atom stereocenters. The molecule has 0 heterocycles. The van der Waals surface area contributed by atoms with E-state index in [-0.39, 0.29) is 5.91 Å². The van der Waals surface area contributed by atoms with Crippen LogP contribution < -0.4 is 5.43 Å². The number of amides is 1. The van der Waals surface area contributed by atoms with E-state index in [0.717, 1.165) is 29.7 Å². The van der Waals surface area contributed by atoms with Gasteiger partial charge in [0.1, 0.15) is 0 Å². The third kappa shape index (κ3) is 4.05. The van der Waals surface area contributed by atoms with E-state index in [4.69, 9.17) is 11.6 Å². The van der Waals surface area contributed by atoms with Crippen molar-refractivity contribution in [1.29, 1.82) is 0 Å². The van der Waals surface area contributed by atoms with E-state index in [1.54, 1.807) is 24.3 Å². The second-order valence-electron chi connectivity index (χ2n) is 5.38. The Labute approximate surface area is 130 Å². The molecule has 1 aromatic rings. The first-order valence-corrected chi connectivity index (χ1v) is 7.30. The third-order valence-corrected chi connectivity index (χ3v) is 3.91. The number of allylic oxidation sites excluding steroid dienone is 3. The van der Waals surface area contributed by atoms with Gasteiger partial charge in [0.15, 0.2) is 0 Å². The van der Waals surface area contributed by atoms with Crippen LogP contribution >= 0.6 is 11.6 Å². The minimum absolute atomic E-state index is 0.254. The van der Waals surface area contributed by atoms with Crippen molar-refractivity contribution in [3.63, 3.8) is 0 Å². The number of carbonyl (C=O) groups excluding carboxylic acids is 1. The fourth-order valence-corrected chi connectivity index (χ4v) is 2.43. The Morgan fingerprint density at radius 3 is 2.90 bits per heavy atom. The predicted molar refractivity (Wildman–Crippen MR) is 87.6 cm³/mol. The zero-order valence-corrected chi connectivity index (χ0v) is 13.1. The van der Waals surface area contributed by atoms with Gasteiger partial charge in [0, 0.05) is 10.6 Å². The van der Waals surface area contributed by atoms with Crippen LogP contribution in [0.4, 0.5) is 0 Å². The summed E-state index contributed by atoms with van der Waals surface area (Å²) in [6.07, 6.45) is 3.95. The molecule has 4 heteroatoms. The van der Waals surface area contributed by atoms with Gasteiger partial charge in [-0.1, -0.05) is 35.9 Å². The summed E-state index contributed by atoms with van der Waals surface area (Å²) in [6, 6.07) is 6.81. The van der Waals surface area contributed by atoms with Crippen molar-refractivity contribution < 1.29 is 4.79 Å². The summed E-state index contributed by atoms with van der Waals surface area (Å²) in [7, 11) is 0. The predicted octanol–water partition coefficient (Wildman–Crippen LogP) is 4.36. The maximum absolute atomic E-state index is 12.0. The Morgan fingerprint density at radius 1 is 1.48 bits per heavy atom. The standard InChI is InChI=1S/C17H19ClN2O/c1-11(2)13-8-7-12(3)16(10-13)19-20-17(21)14-5-4-6-15(18)9-14/h4-7,9,13H,1,8,10H2,2-3H3,(H,20,21)/t13-/m0/s1. The lowest BCUT2D eigenvalue weighted by Crippen LogP contribution is -2.23. The molecule has 1 aliphatic rings. The maximum atomic E-state index is 12.0.